The minimum atomic E-state index is -1.16. The first kappa shape index (κ1) is 11.8. The molecule has 0 aromatic heterocycles. The van der Waals surface area contributed by atoms with Gasteiger partial charge < -0.3 is 14.9 Å². The highest BCUT2D eigenvalue weighted by Crippen LogP contribution is 2.31. The summed E-state index contributed by atoms with van der Waals surface area (Å²) in [4.78, 5) is 11.6. The molecule has 1 aromatic rings. The number of esters is 1. The second-order valence-electron chi connectivity index (χ2n) is 4.15. The van der Waals surface area contributed by atoms with Crippen LogP contribution >= 0.6 is 0 Å². The number of hydrogen-bond donors (Lipinski definition) is 2. The molecular weight excluding hydrogens is 220 g/mol. The molecule has 0 amide bonds. The molecule has 17 heavy (non-hydrogen) atoms. The molecule has 0 spiro atoms. The average Bonchev–Trinajstić information content (AvgIpc) is 2.68. The Labute approximate surface area is 99.2 Å². The summed E-state index contributed by atoms with van der Waals surface area (Å²) < 4.78 is 5.02. The normalized spacial score (nSPS) is 20.6. The SMILES string of the molecule is O=C1OC(CO)(CO)C/C1=C/c1ccccc1. The van der Waals surface area contributed by atoms with E-state index in [0.29, 0.717) is 5.57 Å². The molecule has 1 heterocycles. The molecule has 0 bridgehead atoms. The van der Waals surface area contributed by atoms with Gasteiger partial charge in [0.25, 0.3) is 0 Å². The number of aliphatic hydroxyl groups is 2. The highest BCUT2D eigenvalue weighted by atomic mass is 16.6. The van der Waals surface area contributed by atoms with Gasteiger partial charge in [-0.15, -0.1) is 0 Å². The zero-order valence-electron chi connectivity index (χ0n) is 9.30. The van der Waals surface area contributed by atoms with E-state index in [1.165, 1.54) is 0 Å². The summed E-state index contributed by atoms with van der Waals surface area (Å²) in [5.74, 6) is -0.475. The van der Waals surface area contributed by atoms with E-state index in [4.69, 9.17) is 14.9 Å². The topological polar surface area (TPSA) is 66.8 Å². The van der Waals surface area contributed by atoms with Crippen LogP contribution in [0.15, 0.2) is 35.9 Å². The number of benzene rings is 1. The minimum absolute atomic E-state index is 0.230. The van der Waals surface area contributed by atoms with Gasteiger partial charge in [-0.3, -0.25) is 0 Å². The van der Waals surface area contributed by atoms with Crippen LogP contribution in [0.4, 0.5) is 0 Å². The fourth-order valence-electron chi connectivity index (χ4n) is 1.80. The Morgan fingerprint density at radius 1 is 1.24 bits per heavy atom. The fraction of sp³-hybridized carbons (Fsp3) is 0.308. The van der Waals surface area contributed by atoms with Gasteiger partial charge >= 0.3 is 5.97 Å². The Bertz CT molecular complexity index is 432. The standard InChI is InChI=1S/C13H14O4/c14-8-13(9-15)7-11(12(16)17-13)6-10-4-2-1-3-5-10/h1-6,14-15H,7-9H2/b11-6-. The third kappa shape index (κ3) is 2.38. The predicted octanol–water partition coefficient (Wildman–Crippen LogP) is 0.740. The molecule has 1 aliphatic heterocycles. The maximum Gasteiger partial charge on any atom is 0.334 e. The van der Waals surface area contributed by atoms with E-state index in [0.717, 1.165) is 5.56 Å². The zero-order valence-corrected chi connectivity index (χ0v) is 9.30. The lowest BCUT2D eigenvalue weighted by molar-refractivity contribution is -0.154. The van der Waals surface area contributed by atoms with Crippen LogP contribution in [-0.2, 0) is 9.53 Å². The van der Waals surface area contributed by atoms with E-state index >= 15 is 0 Å². The van der Waals surface area contributed by atoms with Crippen LogP contribution in [0.2, 0.25) is 0 Å². The molecule has 1 saturated heterocycles. The molecule has 4 heteroatoms. The first-order valence-corrected chi connectivity index (χ1v) is 5.40. The van der Waals surface area contributed by atoms with Crippen LogP contribution in [0.1, 0.15) is 12.0 Å². The lowest BCUT2D eigenvalue weighted by Crippen LogP contribution is -2.37. The Morgan fingerprint density at radius 3 is 2.41 bits per heavy atom. The van der Waals surface area contributed by atoms with Gasteiger partial charge in [0, 0.05) is 12.0 Å². The molecule has 1 aliphatic rings. The summed E-state index contributed by atoms with van der Waals surface area (Å²) in [6.07, 6.45) is 1.95. The highest BCUT2D eigenvalue weighted by Gasteiger charge is 2.42. The quantitative estimate of drug-likeness (QED) is 0.598. The molecule has 1 aromatic carbocycles. The number of cyclic esters (lactones) is 1. The largest absolute Gasteiger partial charge is 0.450 e. The first-order valence-electron chi connectivity index (χ1n) is 5.40. The Balaban J connectivity index is 2.24. The molecule has 0 aliphatic carbocycles. The van der Waals surface area contributed by atoms with E-state index < -0.39 is 11.6 Å². The van der Waals surface area contributed by atoms with E-state index in [-0.39, 0.29) is 19.6 Å². The molecule has 0 saturated carbocycles. The Kier molecular flexibility index (Phi) is 3.26. The highest BCUT2D eigenvalue weighted by molar-refractivity contribution is 5.96. The van der Waals surface area contributed by atoms with Gasteiger partial charge in [-0.05, 0) is 11.6 Å². The maximum absolute atomic E-state index is 11.6. The van der Waals surface area contributed by atoms with Gasteiger partial charge in [-0.25, -0.2) is 4.79 Å². The lowest BCUT2D eigenvalue weighted by Gasteiger charge is -2.21. The third-order valence-corrected chi connectivity index (χ3v) is 2.80. The van der Waals surface area contributed by atoms with Gasteiger partial charge in [-0.2, -0.15) is 0 Å². The molecule has 2 N–H and O–H groups in total. The van der Waals surface area contributed by atoms with Crippen LogP contribution in [0.25, 0.3) is 6.08 Å². The van der Waals surface area contributed by atoms with Gasteiger partial charge in [0.05, 0.1) is 13.2 Å². The van der Waals surface area contributed by atoms with E-state index in [1.807, 2.05) is 30.3 Å². The molecule has 0 unspecified atom stereocenters. The van der Waals surface area contributed by atoms with Crippen molar-refractivity contribution in [3.05, 3.63) is 41.5 Å². The summed E-state index contributed by atoms with van der Waals surface area (Å²) in [6, 6.07) is 9.38. The number of carbonyl (C=O) groups excluding carboxylic acids is 1. The van der Waals surface area contributed by atoms with Crippen LogP contribution in [0.5, 0.6) is 0 Å². The van der Waals surface area contributed by atoms with E-state index in [1.54, 1.807) is 6.08 Å². The monoisotopic (exact) mass is 234 g/mol. The van der Waals surface area contributed by atoms with Crippen molar-refractivity contribution >= 4 is 12.0 Å². The van der Waals surface area contributed by atoms with Gasteiger partial charge in [0.1, 0.15) is 0 Å². The average molecular weight is 234 g/mol. The van der Waals surface area contributed by atoms with Crippen LogP contribution in [-0.4, -0.2) is 35.0 Å². The first-order chi connectivity index (χ1) is 8.19. The van der Waals surface area contributed by atoms with Crippen molar-refractivity contribution in [1.82, 2.24) is 0 Å². The van der Waals surface area contributed by atoms with E-state index in [2.05, 4.69) is 0 Å². The van der Waals surface area contributed by atoms with Crippen LogP contribution < -0.4 is 0 Å². The molecule has 0 radical (unpaired) electrons. The zero-order chi connectivity index (χ0) is 12.3. The number of carbonyl (C=O) groups is 1. The molecule has 0 atom stereocenters. The Hall–Kier alpha value is -1.65. The minimum Gasteiger partial charge on any atom is -0.450 e. The molecule has 2 rings (SSSR count). The van der Waals surface area contributed by atoms with Crippen molar-refractivity contribution in [2.75, 3.05) is 13.2 Å². The predicted molar refractivity (Wildman–Crippen MR) is 62.0 cm³/mol. The van der Waals surface area contributed by atoms with Crippen molar-refractivity contribution in [2.24, 2.45) is 0 Å². The molecular formula is C13H14O4. The summed E-state index contributed by atoms with van der Waals surface area (Å²) in [5, 5.41) is 18.3. The fourth-order valence-corrected chi connectivity index (χ4v) is 1.80. The number of hydrogen-bond acceptors (Lipinski definition) is 4. The van der Waals surface area contributed by atoms with Gasteiger partial charge in [0.2, 0.25) is 0 Å². The van der Waals surface area contributed by atoms with Gasteiger partial charge in [-0.1, -0.05) is 30.3 Å². The van der Waals surface area contributed by atoms with Gasteiger partial charge in [0.15, 0.2) is 5.60 Å². The summed E-state index contributed by atoms with van der Waals surface area (Å²) in [6.45, 7) is -0.747. The van der Waals surface area contributed by atoms with Crippen molar-refractivity contribution in [3.8, 4) is 0 Å². The summed E-state index contributed by atoms with van der Waals surface area (Å²) in [5.41, 5.74) is 0.211. The lowest BCUT2D eigenvalue weighted by atomic mass is 9.98. The van der Waals surface area contributed by atoms with Crippen molar-refractivity contribution in [1.29, 1.82) is 0 Å². The number of ether oxygens (including phenoxy) is 1. The molecule has 1 fully saturated rings. The van der Waals surface area contributed by atoms with E-state index in [9.17, 15) is 4.79 Å². The summed E-state index contributed by atoms with van der Waals surface area (Å²) >= 11 is 0. The number of aliphatic hydroxyl groups excluding tert-OH is 2. The summed E-state index contributed by atoms with van der Waals surface area (Å²) in [7, 11) is 0. The Morgan fingerprint density at radius 2 is 1.88 bits per heavy atom. The van der Waals surface area contributed by atoms with Crippen LogP contribution in [0.3, 0.4) is 0 Å². The van der Waals surface area contributed by atoms with Crippen molar-refractivity contribution in [2.45, 2.75) is 12.0 Å². The smallest absolute Gasteiger partial charge is 0.334 e. The molecule has 90 valence electrons. The maximum atomic E-state index is 11.6. The number of rotatable bonds is 3. The second kappa shape index (κ2) is 4.69. The molecule has 4 nitrogen and oxygen atoms in total. The van der Waals surface area contributed by atoms with Crippen molar-refractivity contribution < 1.29 is 19.7 Å². The third-order valence-electron chi connectivity index (χ3n) is 2.80. The van der Waals surface area contributed by atoms with Crippen molar-refractivity contribution in [3.63, 3.8) is 0 Å². The second-order valence-corrected chi connectivity index (χ2v) is 4.15. The van der Waals surface area contributed by atoms with Crippen LogP contribution in [0, 0.1) is 0 Å².